The van der Waals surface area contributed by atoms with Gasteiger partial charge < -0.3 is 19.4 Å². The predicted octanol–water partition coefficient (Wildman–Crippen LogP) is 2.22. The first kappa shape index (κ1) is 17.5. The molecule has 0 spiro atoms. The Morgan fingerprint density at radius 2 is 2.19 bits per heavy atom. The van der Waals surface area contributed by atoms with Crippen LogP contribution in [0.5, 0.6) is 5.88 Å². The molecule has 0 bridgehead atoms. The van der Waals surface area contributed by atoms with Gasteiger partial charge in [0.15, 0.2) is 6.39 Å². The fraction of sp³-hybridized carbons (Fsp3) is 0.474. The number of methoxy groups -OCH3 is 1. The maximum Gasteiger partial charge on any atom is 0.289 e. The van der Waals surface area contributed by atoms with E-state index in [2.05, 4.69) is 15.3 Å². The van der Waals surface area contributed by atoms with Crippen molar-refractivity contribution in [2.45, 2.75) is 51.7 Å². The van der Waals surface area contributed by atoms with Crippen LogP contribution in [0.3, 0.4) is 0 Å². The van der Waals surface area contributed by atoms with Gasteiger partial charge in [-0.1, -0.05) is 12.8 Å². The summed E-state index contributed by atoms with van der Waals surface area (Å²) in [5, 5.41) is 2.77. The zero-order chi connectivity index (χ0) is 19.0. The second-order valence-electron chi connectivity index (χ2n) is 6.97. The summed E-state index contributed by atoms with van der Waals surface area (Å²) in [6.07, 6.45) is 5.67. The van der Waals surface area contributed by atoms with Gasteiger partial charge in [-0.25, -0.2) is 9.97 Å². The number of oxazole rings is 1. The van der Waals surface area contributed by atoms with Crippen molar-refractivity contribution in [1.29, 1.82) is 0 Å². The van der Waals surface area contributed by atoms with Gasteiger partial charge >= 0.3 is 0 Å². The van der Waals surface area contributed by atoms with Gasteiger partial charge in [0.2, 0.25) is 11.6 Å². The smallest absolute Gasteiger partial charge is 0.289 e. The lowest BCUT2D eigenvalue weighted by molar-refractivity contribution is 0.0706. The number of hydrogen-bond acceptors (Lipinski definition) is 6. The van der Waals surface area contributed by atoms with E-state index in [1.807, 2.05) is 4.90 Å². The second-order valence-corrected chi connectivity index (χ2v) is 6.97. The van der Waals surface area contributed by atoms with Crippen molar-refractivity contribution in [1.82, 2.24) is 20.2 Å². The van der Waals surface area contributed by atoms with E-state index < -0.39 is 0 Å². The molecule has 1 fully saturated rings. The minimum Gasteiger partial charge on any atom is -0.481 e. The highest BCUT2D eigenvalue weighted by molar-refractivity contribution is 5.98. The zero-order valence-electron chi connectivity index (χ0n) is 15.4. The third-order valence-corrected chi connectivity index (χ3v) is 5.30. The Balaban J connectivity index is 1.54. The lowest BCUT2D eigenvalue weighted by atomic mass is 10.1. The van der Waals surface area contributed by atoms with Crippen molar-refractivity contribution in [3.05, 3.63) is 40.7 Å². The standard InChI is InChI=1S/C19H22N4O4/c1-11-16(27-10-21-11)17(24)20-8-12-7-14-15(22-18(12)26-2)9-23(19(14)25)13-5-3-4-6-13/h7,10,13H,3-6,8-9H2,1-2H3,(H,20,24). The van der Waals surface area contributed by atoms with E-state index >= 15 is 0 Å². The van der Waals surface area contributed by atoms with Gasteiger partial charge in [-0.3, -0.25) is 9.59 Å². The monoisotopic (exact) mass is 370 g/mol. The van der Waals surface area contributed by atoms with Crippen LogP contribution in [0.4, 0.5) is 0 Å². The summed E-state index contributed by atoms with van der Waals surface area (Å²) in [6.45, 7) is 2.41. The molecule has 1 saturated carbocycles. The topological polar surface area (TPSA) is 97.6 Å². The summed E-state index contributed by atoms with van der Waals surface area (Å²) in [6, 6.07) is 2.08. The Morgan fingerprint density at radius 1 is 1.41 bits per heavy atom. The summed E-state index contributed by atoms with van der Waals surface area (Å²) in [7, 11) is 1.53. The van der Waals surface area contributed by atoms with Crippen LogP contribution in [0.15, 0.2) is 16.9 Å². The van der Waals surface area contributed by atoms with Crippen molar-refractivity contribution >= 4 is 11.8 Å². The molecule has 4 rings (SSSR count). The SMILES string of the molecule is COc1nc2c(cc1CNC(=O)c1ocnc1C)C(=O)N(C1CCCC1)C2. The number of nitrogens with zero attached hydrogens (tertiary/aromatic N) is 3. The molecule has 0 radical (unpaired) electrons. The third-order valence-electron chi connectivity index (χ3n) is 5.30. The van der Waals surface area contributed by atoms with Crippen molar-refractivity contribution in [3.8, 4) is 5.88 Å². The molecule has 142 valence electrons. The van der Waals surface area contributed by atoms with Crippen LogP contribution in [-0.4, -0.2) is 39.8 Å². The number of hydrogen-bond donors (Lipinski definition) is 1. The number of amides is 2. The molecule has 1 aliphatic carbocycles. The van der Waals surface area contributed by atoms with Crippen LogP contribution in [0.2, 0.25) is 0 Å². The molecular weight excluding hydrogens is 348 g/mol. The average molecular weight is 370 g/mol. The van der Waals surface area contributed by atoms with E-state index in [4.69, 9.17) is 9.15 Å². The summed E-state index contributed by atoms with van der Waals surface area (Å²) >= 11 is 0. The molecule has 1 aliphatic heterocycles. The molecular formula is C19H22N4O4. The summed E-state index contributed by atoms with van der Waals surface area (Å²) < 4.78 is 10.5. The van der Waals surface area contributed by atoms with Crippen LogP contribution < -0.4 is 10.1 Å². The number of aromatic nitrogens is 2. The van der Waals surface area contributed by atoms with Crippen molar-refractivity contribution in [3.63, 3.8) is 0 Å². The number of fused-ring (bicyclic) bond motifs is 1. The van der Waals surface area contributed by atoms with E-state index in [-0.39, 0.29) is 24.1 Å². The molecule has 0 aromatic carbocycles. The molecule has 0 unspecified atom stereocenters. The van der Waals surface area contributed by atoms with E-state index in [0.717, 1.165) is 18.5 Å². The quantitative estimate of drug-likeness (QED) is 0.867. The molecule has 2 aromatic rings. The maximum atomic E-state index is 12.8. The van der Waals surface area contributed by atoms with Crippen molar-refractivity contribution in [2.75, 3.05) is 7.11 Å². The highest BCUT2D eigenvalue weighted by atomic mass is 16.5. The Morgan fingerprint density at radius 3 is 2.85 bits per heavy atom. The summed E-state index contributed by atoms with van der Waals surface area (Å²) in [5.74, 6) is 0.244. The fourth-order valence-electron chi connectivity index (χ4n) is 3.86. The van der Waals surface area contributed by atoms with Gasteiger partial charge in [0, 0.05) is 18.2 Å². The van der Waals surface area contributed by atoms with E-state index in [1.165, 1.54) is 26.3 Å². The van der Waals surface area contributed by atoms with Gasteiger partial charge in [0.05, 0.1) is 30.6 Å². The summed E-state index contributed by atoms with van der Waals surface area (Å²) in [5.41, 5.74) is 2.52. The number of aryl methyl sites for hydroxylation is 1. The van der Waals surface area contributed by atoms with E-state index in [0.29, 0.717) is 35.3 Å². The van der Waals surface area contributed by atoms with Crippen LogP contribution in [0.1, 0.15) is 63.5 Å². The van der Waals surface area contributed by atoms with E-state index in [9.17, 15) is 9.59 Å². The molecule has 27 heavy (non-hydrogen) atoms. The first-order valence-corrected chi connectivity index (χ1v) is 9.14. The zero-order valence-corrected chi connectivity index (χ0v) is 15.4. The largest absolute Gasteiger partial charge is 0.481 e. The number of carbonyl (C=O) groups excluding carboxylic acids is 2. The number of nitrogens with one attached hydrogen (secondary N) is 1. The molecule has 0 saturated heterocycles. The molecule has 8 heteroatoms. The van der Waals surface area contributed by atoms with Gasteiger partial charge in [0.1, 0.15) is 0 Å². The lowest BCUT2D eigenvalue weighted by Gasteiger charge is -2.22. The number of rotatable bonds is 5. The molecule has 1 N–H and O–H groups in total. The third kappa shape index (κ3) is 3.15. The lowest BCUT2D eigenvalue weighted by Crippen LogP contribution is -2.33. The molecule has 3 heterocycles. The van der Waals surface area contributed by atoms with Gasteiger partial charge in [-0.15, -0.1) is 0 Å². The summed E-state index contributed by atoms with van der Waals surface area (Å²) in [4.78, 5) is 35.4. The van der Waals surface area contributed by atoms with Crippen LogP contribution in [0, 0.1) is 6.92 Å². The van der Waals surface area contributed by atoms with E-state index in [1.54, 1.807) is 13.0 Å². The van der Waals surface area contributed by atoms with Gasteiger partial charge in [0.25, 0.3) is 11.8 Å². The van der Waals surface area contributed by atoms with Gasteiger partial charge in [-0.05, 0) is 25.8 Å². The maximum absolute atomic E-state index is 12.8. The predicted molar refractivity (Wildman–Crippen MR) is 95.3 cm³/mol. The first-order valence-electron chi connectivity index (χ1n) is 9.14. The Hall–Kier alpha value is -2.90. The molecule has 2 amide bonds. The molecule has 2 aromatic heterocycles. The van der Waals surface area contributed by atoms with Crippen molar-refractivity contribution in [2.24, 2.45) is 0 Å². The fourth-order valence-corrected chi connectivity index (χ4v) is 3.86. The number of ether oxygens (including phenoxy) is 1. The number of pyridine rings is 1. The normalized spacial score (nSPS) is 16.7. The molecule has 2 aliphatic rings. The van der Waals surface area contributed by atoms with Gasteiger partial charge in [-0.2, -0.15) is 0 Å². The molecule has 0 atom stereocenters. The van der Waals surface area contributed by atoms with Crippen LogP contribution in [0.25, 0.3) is 0 Å². The first-order chi connectivity index (χ1) is 13.1. The average Bonchev–Trinajstić information content (AvgIpc) is 3.40. The molecule has 8 nitrogen and oxygen atoms in total. The highest BCUT2D eigenvalue weighted by Crippen LogP contribution is 2.33. The van der Waals surface area contributed by atoms with Crippen LogP contribution in [-0.2, 0) is 13.1 Å². The Kier molecular flexibility index (Phi) is 4.55. The second kappa shape index (κ2) is 7.02. The van der Waals surface area contributed by atoms with Crippen LogP contribution >= 0.6 is 0 Å². The Labute approximate surface area is 156 Å². The van der Waals surface area contributed by atoms with Crippen molar-refractivity contribution < 1.29 is 18.7 Å². The Bertz CT molecular complexity index is 886. The minimum atomic E-state index is -0.369. The minimum absolute atomic E-state index is 0.0192. The highest BCUT2D eigenvalue weighted by Gasteiger charge is 2.36. The number of carbonyl (C=O) groups is 2.